The molecule has 1 aliphatic heterocycles. The molecule has 1 aliphatic rings. The zero-order valence-corrected chi connectivity index (χ0v) is 19.4. The lowest BCUT2D eigenvalue weighted by molar-refractivity contribution is -0.0646. The second kappa shape index (κ2) is 11.5. The van der Waals surface area contributed by atoms with E-state index in [-0.39, 0.29) is 13.2 Å². The van der Waals surface area contributed by atoms with E-state index in [2.05, 4.69) is 22.1 Å². The van der Waals surface area contributed by atoms with Crippen LogP contribution < -0.4 is 9.47 Å². The molecule has 0 saturated carbocycles. The van der Waals surface area contributed by atoms with Crippen molar-refractivity contribution in [3.63, 3.8) is 0 Å². The van der Waals surface area contributed by atoms with E-state index in [0.717, 1.165) is 30.8 Å². The molecular weight excluding hydrogens is 442 g/mol. The highest BCUT2D eigenvalue weighted by atomic mass is 35.5. The normalized spacial score (nSPS) is 19.2. The maximum absolute atomic E-state index is 11.2. The van der Waals surface area contributed by atoms with Gasteiger partial charge in [-0.15, -0.1) is 0 Å². The summed E-state index contributed by atoms with van der Waals surface area (Å²) >= 11 is 6.03. The van der Waals surface area contributed by atoms with E-state index in [9.17, 15) is 5.11 Å². The van der Waals surface area contributed by atoms with E-state index in [1.165, 1.54) is 0 Å². The molecule has 2 aromatic carbocycles. The average Bonchev–Trinajstić information content (AvgIpc) is 3.25. The molecule has 7 nitrogen and oxygen atoms in total. The molecule has 33 heavy (non-hydrogen) atoms. The highest BCUT2D eigenvalue weighted by Crippen LogP contribution is 2.22. The Morgan fingerprint density at radius 2 is 1.94 bits per heavy atom. The minimum absolute atomic E-state index is 0.128. The summed E-state index contributed by atoms with van der Waals surface area (Å²) in [6.45, 7) is 4.23. The van der Waals surface area contributed by atoms with E-state index < -0.39 is 5.60 Å². The molecule has 4 rings (SSSR count). The topological polar surface area (TPSA) is 69.0 Å². The fraction of sp³-hybridized carbons (Fsp3) is 0.400. The number of aliphatic hydroxyl groups is 1. The first kappa shape index (κ1) is 23.6. The predicted octanol–water partition coefficient (Wildman–Crippen LogP) is 3.65. The Hall–Kier alpha value is -2.58. The first-order chi connectivity index (χ1) is 16.1. The van der Waals surface area contributed by atoms with Crippen LogP contribution in [0, 0.1) is 0 Å². The molecule has 0 amide bonds. The molecule has 0 radical (unpaired) electrons. The largest absolute Gasteiger partial charge is 0.494 e. The van der Waals surface area contributed by atoms with E-state index >= 15 is 0 Å². The van der Waals surface area contributed by atoms with Crippen molar-refractivity contribution < 1.29 is 19.3 Å². The lowest BCUT2D eigenvalue weighted by Crippen LogP contribution is -2.48. The first-order valence-corrected chi connectivity index (χ1v) is 11.6. The van der Waals surface area contributed by atoms with Gasteiger partial charge in [-0.05, 0) is 42.0 Å². The van der Waals surface area contributed by atoms with Crippen LogP contribution in [0.15, 0.2) is 67.0 Å². The molecule has 1 N–H and O–H groups in total. The van der Waals surface area contributed by atoms with Crippen molar-refractivity contribution in [3.05, 3.63) is 77.6 Å². The number of aryl methyl sites for hydroxylation is 1. The van der Waals surface area contributed by atoms with Crippen LogP contribution in [0.2, 0.25) is 5.02 Å². The van der Waals surface area contributed by atoms with Crippen molar-refractivity contribution in [2.45, 2.75) is 25.1 Å². The van der Waals surface area contributed by atoms with Crippen LogP contribution in [0.1, 0.15) is 12.0 Å². The number of aromatic nitrogens is 2. The molecular formula is C25H30ClN3O4. The summed E-state index contributed by atoms with van der Waals surface area (Å²) in [5, 5.41) is 16.0. The fourth-order valence-corrected chi connectivity index (χ4v) is 4.01. The molecule has 0 aliphatic carbocycles. The smallest absolute Gasteiger partial charge is 0.134 e. The molecule has 3 aromatic rings. The summed E-state index contributed by atoms with van der Waals surface area (Å²) in [5.74, 6) is 1.47. The van der Waals surface area contributed by atoms with Crippen LogP contribution >= 0.6 is 11.6 Å². The Morgan fingerprint density at radius 1 is 1.09 bits per heavy atom. The lowest BCUT2D eigenvalue weighted by Gasteiger charge is -2.30. The Bertz CT molecular complexity index is 1000. The molecule has 1 saturated heterocycles. The van der Waals surface area contributed by atoms with E-state index in [1.807, 2.05) is 41.2 Å². The van der Waals surface area contributed by atoms with E-state index in [4.69, 9.17) is 25.8 Å². The van der Waals surface area contributed by atoms with Gasteiger partial charge < -0.3 is 19.3 Å². The van der Waals surface area contributed by atoms with E-state index in [1.54, 1.807) is 18.3 Å². The number of β-amino-alcohol motifs (C(OH)–C–C–N with tert-alkyl or cyclic N) is 1. The van der Waals surface area contributed by atoms with Crippen molar-refractivity contribution in [2.24, 2.45) is 0 Å². The maximum Gasteiger partial charge on any atom is 0.134 e. The van der Waals surface area contributed by atoms with Gasteiger partial charge in [-0.3, -0.25) is 9.58 Å². The molecule has 1 aromatic heterocycles. The summed E-state index contributed by atoms with van der Waals surface area (Å²) < 4.78 is 19.3. The molecule has 0 bridgehead atoms. The highest BCUT2D eigenvalue weighted by Gasteiger charge is 2.33. The van der Waals surface area contributed by atoms with Gasteiger partial charge in [0.05, 0.1) is 19.8 Å². The predicted molar refractivity (Wildman–Crippen MR) is 127 cm³/mol. The second-order valence-electron chi connectivity index (χ2n) is 8.35. The van der Waals surface area contributed by atoms with Crippen LogP contribution in [0.4, 0.5) is 0 Å². The number of hydrogen-bond acceptors (Lipinski definition) is 6. The van der Waals surface area contributed by atoms with Crippen molar-refractivity contribution in [1.29, 1.82) is 0 Å². The number of rotatable bonds is 10. The van der Waals surface area contributed by atoms with Gasteiger partial charge in [0.25, 0.3) is 0 Å². The Morgan fingerprint density at radius 3 is 2.76 bits per heavy atom. The average molecular weight is 472 g/mol. The van der Waals surface area contributed by atoms with Crippen LogP contribution in [0.3, 0.4) is 0 Å². The van der Waals surface area contributed by atoms with Gasteiger partial charge in [-0.2, -0.15) is 5.10 Å². The zero-order chi connectivity index (χ0) is 22.9. The van der Waals surface area contributed by atoms with Crippen LogP contribution in [-0.4, -0.2) is 64.9 Å². The van der Waals surface area contributed by atoms with Gasteiger partial charge in [-0.1, -0.05) is 29.8 Å². The van der Waals surface area contributed by atoms with Crippen molar-refractivity contribution >= 4 is 11.6 Å². The summed E-state index contributed by atoms with van der Waals surface area (Å²) in [5.41, 5.74) is 0.0129. The summed E-state index contributed by atoms with van der Waals surface area (Å²) in [6.07, 6.45) is 4.62. The van der Waals surface area contributed by atoms with Crippen LogP contribution in [-0.2, 0) is 17.8 Å². The summed E-state index contributed by atoms with van der Waals surface area (Å²) in [4.78, 5) is 2.19. The molecule has 1 fully saturated rings. The van der Waals surface area contributed by atoms with Gasteiger partial charge in [0.2, 0.25) is 0 Å². The van der Waals surface area contributed by atoms with Crippen molar-refractivity contribution in [1.82, 2.24) is 14.7 Å². The molecule has 1 atom stereocenters. The minimum Gasteiger partial charge on any atom is -0.494 e. The van der Waals surface area contributed by atoms with Crippen molar-refractivity contribution in [2.75, 3.05) is 39.5 Å². The molecule has 176 valence electrons. The first-order valence-electron chi connectivity index (χ1n) is 11.2. The minimum atomic E-state index is -1.11. The lowest BCUT2D eigenvalue weighted by atomic mass is 10.1. The number of benzene rings is 2. The van der Waals surface area contributed by atoms with Crippen molar-refractivity contribution in [3.8, 4) is 11.5 Å². The Labute approximate surface area is 199 Å². The third-order valence-electron chi connectivity index (χ3n) is 5.41. The molecule has 0 spiro atoms. The third-order valence-corrected chi connectivity index (χ3v) is 5.64. The van der Waals surface area contributed by atoms with Gasteiger partial charge in [0.15, 0.2) is 0 Å². The fourth-order valence-electron chi connectivity index (χ4n) is 3.83. The zero-order valence-electron chi connectivity index (χ0n) is 18.6. The Balaban J connectivity index is 1.29. The summed E-state index contributed by atoms with van der Waals surface area (Å²) in [6, 6.07) is 17.2. The van der Waals surface area contributed by atoms with Crippen LogP contribution in [0.5, 0.6) is 11.5 Å². The van der Waals surface area contributed by atoms with Gasteiger partial charge in [0, 0.05) is 50.0 Å². The molecule has 0 unspecified atom stereocenters. The Kier molecular flexibility index (Phi) is 8.23. The second-order valence-corrected chi connectivity index (χ2v) is 8.79. The summed E-state index contributed by atoms with van der Waals surface area (Å²) in [7, 11) is 0. The number of nitrogens with zero attached hydrogens (tertiary/aromatic N) is 3. The van der Waals surface area contributed by atoms with Gasteiger partial charge in [-0.25, -0.2) is 0 Å². The van der Waals surface area contributed by atoms with E-state index in [0.29, 0.717) is 37.1 Å². The molecule has 8 heteroatoms. The quantitative estimate of drug-likeness (QED) is 0.455. The van der Waals surface area contributed by atoms with Gasteiger partial charge in [0.1, 0.15) is 23.7 Å². The maximum atomic E-state index is 11.2. The monoisotopic (exact) mass is 471 g/mol. The SMILES string of the molecule is O[C@]1(COc2cccc(Cl)c2)COCCN(Cc2cccc(OCCCn3cccn3)c2)C1. The highest BCUT2D eigenvalue weighted by molar-refractivity contribution is 6.30. The van der Waals surface area contributed by atoms with Gasteiger partial charge >= 0.3 is 0 Å². The van der Waals surface area contributed by atoms with Crippen LogP contribution in [0.25, 0.3) is 0 Å². The third kappa shape index (κ3) is 7.47. The number of halogens is 1. The number of ether oxygens (including phenoxy) is 3. The number of hydrogen-bond donors (Lipinski definition) is 1. The molecule has 2 heterocycles. The standard InChI is InChI=1S/C25H30ClN3O4/c26-22-6-2-8-24(16-22)33-20-25(30)18-28(12-14-31-19-25)17-21-5-1-7-23(15-21)32-13-4-11-29-10-3-9-27-29/h1-3,5-10,15-16,30H,4,11-14,17-20H2/t25-/m0/s1.